The molecule has 1 aromatic carbocycles. The molecule has 1 aromatic rings. The van der Waals surface area contributed by atoms with E-state index in [1.165, 1.54) is 0 Å². The Morgan fingerprint density at radius 3 is 2.47 bits per heavy atom. The minimum absolute atomic E-state index is 0.207. The molecular formula is C13H14O2. The number of carbonyl (C=O) groups is 1. The third kappa shape index (κ3) is 2.81. The predicted molar refractivity (Wildman–Crippen MR) is 61.6 cm³/mol. The molecule has 78 valence electrons. The van der Waals surface area contributed by atoms with Gasteiger partial charge >= 0.3 is 0 Å². The van der Waals surface area contributed by atoms with Crippen molar-refractivity contribution in [2.45, 2.75) is 13.3 Å². The van der Waals surface area contributed by atoms with E-state index in [-0.39, 0.29) is 5.75 Å². The molecule has 0 aromatic heterocycles. The quantitative estimate of drug-likeness (QED) is 0.463. The van der Waals surface area contributed by atoms with E-state index in [0.29, 0.717) is 11.1 Å². The van der Waals surface area contributed by atoms with Crippen LogP contribution in [0.3, 0.4) is 0 Å². The van der Waals surface area contributed by atoms with Gasteiger partial charge in [0.1, 0.15) is 12.0 Å². The Labute approximate surface area is 89.6 Å². The van der Waals surface area contributed by atoms with Crippen LogP contribution in [0.5, 0.6) is 5.75 Å². The zero-order chi connectivity index (χ0) is 11.3. The number of phenolic OH excluding ortho intramolecular Hbond substituents is 1. The minimum atomic E-state index is 0.207. The first kappa shape index (κ1) is 11.2. The number of allylic oxidation sites excluding steroid dienone is 3. The van der Waals surface area contributed by atoms with Gasteiger partial charge in [-0.1, -0.05) is 31.7 Å². The van der Waals surface area contributed by atoms with Crippen molar-refractivity contribution in [1.82, 2.24) is 0 Å². The Morgan fingerprint density at radius 1 is 1.40 bits per heavy atom. The van der Waals surface area contributed by atoms with E-state index in [0.717, 1.165) is 18.3 Å². The number of benzene rings is 1. The number of rotatable bonds is 4. The fraction of sp³-hybridized carbons (Fsp3) is 0.154. The van der Waals surface area contributed by atoms with Crippen LogP contribution in [-0.4, -0.2) is 11.4 Å². The van der Waals surface area contributed by atoms with E-state index < -0.39 is 0 Å². The minimum Gasteiger partial charge on any atom is -0.508 e. The topological polar surface area (TPSA) is 37.3 Å². The van der Waals surface area contributed by atoms with E-state index in [1.807, 2.05) is 13.0 Å². The van der Waals surface area contributed by atoms with Gasteiger partial charge in [-0.2, -0.15) is 0 Å². The molecule has 2 heteroatoms. The monoisotopic (exact) mass is 202 g/mol. The van der Waals surface area contributed by atoms with Gasteiger partial charge in [0.2, 0.25) is 0 Å². The summed E-state index contributed by atoms with van der Waals surface area (Å²) in [5.41, 5.74) is 2.13. The lowest BCUT2D eigenvalue weighted by Gasteiger charge is -2.05. The van der Waals surface area contributed by atoms with E-state index in [1.54, 1.807) is 24.3 Å². The summed E-state index contributed by atoms with van der Waals surface area (Å²) in [5.74, 6) is 0.207. The molecule has 0 atom stereocenters. The molecule has 0 amide bonds. The Bertz CT molecular complexity index is 386. The largest absolute Gasteiger partial charge is 0.508 e. The van der Waals surface area contributed by atoms with Crippen molar-refractivity contribution < 1.29 is 9.90 Å². The van der Waals surface area contributed by atoms with Crippen LogP contribution in [0.15, 0.2) is 42.5 Å². The number of aldehydes is 1. The second kappa shape index (κ2) is 5.15. The Hall–Kier alpha value is -1.83. The van der Waals surface area contributed by atoms with Crippen LogP contribution in [-0.2, 0) is 4.79 Å². The Kier molecular flexibility index (Phi) is 3.86. The highest BCUT2D eigenvalue weighted by Gasteiger charge is 2.03. The third-order valence-corrected chi connectivity index (χ3v) is 2.12. The van der Waals surface area contributed by atoms with Gasteiger partial charge in [-0.15, -0.1) is 0 Å². The SMILES string of the molecule is C=C(C(C=O)=CCC)c1ccc(O)cc1. The summed E-state index contributed by atoms with van der Waals surface area (Å²) in [7, 11) is 0. The molecule has 0 heterocycles. The van der Waals surface area contributed by atoms with Crippen molar-refractivity contribution in [3.05, 3.63) is 48.1 Å². The second-order valence-corrected chi connectivity index (χ2v) is 3.21. The zero-order valence-corrected chi connectivity index (χ0v) is 8.73. The predicted octanol–water partition coefficient (Wildman–Crippen LogP) is 2.94. The summed E-state index contributed by atoms with van der Waals surface area (Å²) in [6.07, 6.45) is 3.44. The number of carbonyl (C=O) groups excluding carboxylic acids is 1. The fourth-order valence-corrected chi connectivity index (χ4v) is 1.29. The molecule has 0 radical (unpaired) electrons. The van der Waals surface area contributed by atoms with Crippen LogP contribution >= 0.6 is 0 Å². The molecule has 0 aliphatic carbocycles. The average Bonchev–Trinajstić information content (AvgIpc) is 2.26. The summed E-state index contributed by atoms with van der Waals surface area (Å²) >= 11 is 0. The van der Waals surface area contributed by atoms with Crippen molar-refractivity contribution in [2.75, 3.05) is 0 Å². The van der Waals surface area contributed by atoms with Crippen LogP contribution in [0.25, 0.3) is 5.57 Å². The van der Waals surface area contributed by atoms with Gasteiger partial charge in [-0.25, -0.2) is 0 Å². The van der Waals surface area contributed by atoms with Gasteiger partial charge in [0.25, 0.3) is 0 Å². The van der Waals surface area contributed by atoms with Crippen LogP contribution in [0.2, 0.25) is 0 Å². The molecule has 1 N–H and O–H groups in total. The summed E-state index contributed by atoms with van der Waals surface area (Å²) in [6, 6.07) is 6.64. The average molecular weight is 202 g/mol. The number of aromatic hydroxyl groups is 1. The van der Waals surface area contributed by atoms with Crippen LogP contribution in [0, 0.1) is 0 Å². The van der Waals surface area contributed by atoms with Gasteiger partial charge < -0.3 is 5.11 Å². The fourth-order valence-electron chi connectivity index (χ4n) is 1.29. The first-order valence-corrected chi connectivity index (χ1v) is 4.83. The molecule has 2 nitrogen and oxygen atoms in total. The van der Waals surface area contributed by atoms with E-state index >= 15 is 0 Å². The van der Waals surface area contributed by atoms with Crippen molar-refractivity contribution in [1.29, 1.82) is 0 Å². The van der Waals surface area contributed by atoms with E-state index in [9.17, 15) is 4.79 Å². The normalized spacial score (nSPS) is 11.1. The molecular weight excluding hydrogens is 188 g/mol. The van der Waals surface area contributed by atoms with Crippen molar-refractivity contribution in [2.24, 2.45) is 0 Å². The number of hydrogen-bond acceptors (Lipinski definition) is 2. The molecule has 0 aliphatic rings. The summed E-state index contributed by atoms with van der Waals surface area (Å²) < 4.78 is 0. The Balaban J connectivity index is 2.98. The molecule has 0 fully saturated rings. The smallest absolute Gasteiger partial charge is 0.150 e. The highest BCUT2D eigenvalue weighted by Crippen LogP contribution is 2.22. The first-order valence-electron chi connectivity index (χ1n) is 4.83. The molecule has 0 unspecified atom stereocenters. The molecule has 1 rings (SSSR count). The molecule has 15 heavy (non-hydrogen) atoms. The lowest BCUT2D eigenvalue weighted by atomic mass is 10.00. The standard InChI is InChI=1S/C13H14O2/c1-3-4-12(9-14)10(2)11-5-7-13(15)8-6-11/h4-9,15H,2-3H2,1H3. The van der Waals surface area contributed by atoms with Crippen molar-refractivity contribution >= 4 is 11.9 Å². The van der Waals surface area contributed by atoms with Crippen LogP contribution < -0.4 is 0 Å². The van der Waals surface area contributed by atoms with Crippen LogP contribution in [0.1, 0.15) is 18.9 Å². The van der Waals surface area contributed by atoms with Gasteiger partial charge in [0.15, 0.2) is 0 Å². The highest BCUT2D eigenvalue weighted by molar-refractivity contribution is 5.97. The lowest BCUT2D eigenvalue weighted by Crippen LogP contribution is -1.89. The van der Waals surface area contributed by atoms with Gasteiger partial charge in [0.05, 0.1) is 0 Å². The maximum atomic E-state index is 10.8. The zero-order valence-electron chi connectivity index (χ0n) is 8.73. The van der Waals surface area contributed by atoms with E-state index in [4.69, 9.17) is 5.11 Å². The third-order valence-electron chi connectivity index (χ3n) is 2.12. The van der Waals surface area contributed by atoms with Gasteiger partial charge in [0, 0.05) is 5.57 Å². The van der Waals surface area contributed by atoms with Gasteiger partial charge in [-0.05, 0) is 29.7 Å². The summed E-state index contributed by atoms with van der Waals surface area (Å²) in [6.45, 7) is 5.83. The van der Waals surface area contributed by atoms with E-state index in [2.05, 4.69) is 6.58 Å². The lowest BCUT2D eigenvalue weighted by molar-refractivity contribution is -0.104. The van der Waals surface area contributed by atoms with Gasteiger partial charge in [-0.3, -0.25) is 4.79 Å². The maximum absolute atomic E-state index is 10.8. The number of phenols is 1. The van der Waals surface area contributed by atoms with Crippen molar-refractivity contribution in [3.63, 3.8) is 0 Å². The summed E-state index contributed by atoms with van der Waals surface area (Å²) in [4.78, 5) is 10.8. The molecule has 0 bridgehead atoms. The van der Waals surface area contributed by atoms with Crippen molar-refractivity contribution in [3.8, 4) is 5.75 Å². The first-order chi connectivity index (χ1) is 7.19. The second-order valence-electron chi connectivity index (χ2n) is 3.21. The highest BCUT2D eigenvalue weighted by atomic mass is 16.3. The maximum Gasteiger partial charge on any atom is 0.150 e. The molecule has 0 saturated carbocycles. The number of hydrogen-bond donors (Lipinski definition) is 1. The molecule has 0 saturated heterocycles. The van der Waals surface area contributed by atoms with Crippen LogP contribution in [0.4, 0.5) is 0 Å². The Morgan fingerprint density at radius 2 is 2.00 bits per heavy atom. The molecule has 0 spiro atoms. The summed E-state index contributed by atoms with van der Waals surface area (Å²) in [5, 5.41) is 9.12. The molecule has 0 aliphatic heterocycles.